The number of amides is 1. The molecule has 0 unspecified atom stereocenters. The number of aromatic nitrogens is 1. The van der Waals surface area contributed by atoms with Crippen LogP contribution in [-0.2, 0) is 4.79 Å². The number of ketones is 1. The number of benzene rings is 1. The molecule has 2 atom stereocenters. The van der Waals surface area contributed by atoms with Crippen LogP contribution in [0.1, 0.15) is 67.4 Å². The van der Waals surface area contributed by atoms with Crippen LogP contribution >= 0.6 is 11.3 Å². The Hall–Kier alpha value is -2.01. The molecule has 4 nitrogen and oxygen atoms in total. The average Bonchev–Trinajstić information content (AvgIpc) is 3.01. The van der Waals surface area contributed by atoms with E-state index in [0.717, 1.165) is 67.8 Å². The summed E-state index contributed by atoms with van der Waals surface area (Å²) >= 11 is 1.60. The molecule has 1 aromatic carbocycles. The van der Waals surface area contributed by atoms with Gasteiger partial charge in [0.1, 0.15) is 10.8 Å². The van der Waals surface area contributed by atoms with Crippen molar-refractivity contribution >= 4 is 23.0 Å². The van der Waals surface area contributed by atoms with Crippen molar-refractivity contribution in [2.24, 2.45) is 5.92 Å². The van der Waals surface area contributed by atoms with E-state index < -0.39 is 0 Å². The highest BCUT2D eigenvalue weighted by Gasteiger charge is 2.37. The maximum absolute atomic E-state index is 13.5. The van der Waals surface area contributed by atoms with Crippen molar-refractivity contribution < 1.29 is 9.59 Å². The van der Waals surface area contributed by atoms with Crippen molar-refractivity contribution in [1.29, 1.82) is 0 Å². The molecule has 148 valence electrons. The van der Waals surface area contributed by atoms with Gasteiger partial charge in [-0.15, -0.1) is 11.3 Å². The fourth-order valence-electron chi connectivity index (χ4n) is 4.66. The number of aryl methyl sites for hydroxylation is 1. The molecule has 2 heterocycles. The highest BCUT2D eigenvalue weighted by molar-refractivity contribution is 7.13. The van der Waals surface area contributed by atoms with Gasteiger partial charge in [-0.2, -0.15) is 0 Å². The molecule has 1 saturated heterocycles. The molecule has 0 N–H and O–H groups in total. The molecule has 2 aromatic rings. The Balaban J connectivity index is 1.61. The fourth-order valence-corrected chi connectivity index (χ4v) is 5.45. The van der Waals surface area contributed by atoms with Crippen molar-refractivity contribution in [2.45, 2.75) is 64.3 Å². The van der Waals surface area contributed by atoms with E-state index in [-0.39, 0.29) is 17.9 Å². The van der Waals surface area contributed by atoms with Gasteiger partial charge in [0.05, 0.1) is 0 Å². The largest absolute Gasteiger partial charge is 0.335 e. The number of rotatable bonds is 3. The summed E-state index contributed by atoms with van der Waals surface area (Å²) in [5.41, 5.74) is 2.70. The predicted molar refractivity (Wildman–Crippen MR) is 113 cm³/mol. The van der Waals surface area contributed by atoms with E-state index in [9.17, 15) is 9.59 Å². The van der Waals surface area contributed by atoms with E-state index >= 15 is 0 Å². The molecular weight excluding hydrogens is 368 g/mol. The second-order valence-electron chi connectivity index (χ2n) is 8.11. The highest BCUT2D eigenvalue weighted by atomic mass is 32.1. The van der Waals surface area contributed by atoms with Crippen LogP contribution in [0.3, 0.4) is 0 Å². The summed E-state index contributed by atoms with van der Waals surface area (Å²) in [6.07, 6.45) is 7.95. The molecule has 1 aromatic heterocycles. The van der Waals surface area contributed by atoms with Gasteiger partial charge in [0.15, 0.2) is 0 Å². The predicted octanol–water partition coefficient (Wildman–Crippen LogP) is 5.26. The lowest BCUT2D eigenvalue weighted by molar-refractivity contribution is -0.126. The number of carbonyl (C=O) groups is 2. The molecular formula is C23H28N2O2S. The number of thiazole rings is 1. The summed E-state index contributed by atoms with van der Waals surface area (Å²) in [5.74, 6) is 0.462. The quantitative estimate of drug-likeness (QED) is 0.711. The third-order valence-corrected chi connectivity index (χ3v) is 7.11. The maximum Gasteiger partial charge on any atom is 0.254 e. The Morgan fingerprint density at radius 2 is 2.00 bits per heavy atom. The zero-order chi connectivity index (χ0) is 19.5. The summed E-state index contributed by atoms with van der Waals surface area (Å²) in [6.45, 7) is 2.74. The first-order valence-electron chi connectivity index (χ1n) is 10.5. The van der Waals surface area contributed by atoms with Gasteiger partial charge in [-0.05, 0) is 44.7 Å². The Bertz CT molecular complexity index is 860. The second-order valence-corrected chi connectivity index (χ2v) is 8.97. The van der Waals surface area contributed by atoms with Gasteiger partial charge in [-0.3, -0.25) is 9.59 Å². The average molecular weight is 397 g/mol. The Morgan fingerprint density at radius 1 is 1.14 bits per heavy atom. The highest BCUT2D eigenvalue weighted by Crippen LogP contribution is 2.33. The maximum atomic E-state index is 13.5. The lowest BCUT2D eigenvalue weighted by Gasteiger charge is -2.37. The Kier molecular flexibility index (Phi) is 5.90. The molecule has 5 heteroatoms. The number of hydrogen-bond donors (Lipinski definition) is 0. The first-order chi connectivity index (χ1) is 13.6. The van der Waals surface area contributed by atoms with Gasteiger partial charge < -0.3 is 4.90 Å². The van der Waals surface area contributed by atoms with Crippen LogP contribution in [0.5, 0.6) is 0 Å². The molecule has 1 aliphatic heterocycles. The van der Waals surface area contributed by atoms with Crippen molar-refractivity contribution in [3.8, 4) is 10.6 Å². The lowest BCUT2D eigenvalue weighted by atomic mass is 9.80. The fraction of sp³-hybridized carbons (Fsp3) is 0.522. The molecule has 0 bridgehead atoms. The molecule has 0 spiro atoms. The van der Waals surface area contributed by atoms with E-state index in [1.54, 1.807) is 11.3 Å². The molecule has 2 aliphatic rings. The number of hydrogen-bond acceptors (Lipinski definition) is 4. The van der Waals surface area contributed by atoms with Crippen molar-refractivity contribution in [3.63, 3.8) is 0 Å². The van der Waals surface area contributed by atoms with Gasteiger partial charge in [-0.1, -0.05) is 31.4 Å². The second kappa shape index (κ2) is 8.56. The zero-order valence-corrected chi connectivity index (χ0v) is 17.3. The Morgan fingerprint density at radius 3 is 2.79 bits per heavy atom. The van der Waals surface area contributed by atoms with E-state index in [1.165, 1.54) is 0 Å². The van der Waals surface area contributed by atoms with Crippen molar-refractivity contribution in [1.82, 2.24) is 9.88 Å². The number of carbonyl (C=O) groups excluding carboxylic acids is 2. The molecule has 1 amide bonds. The number of nitrogens with zero attached hydrogens (tertiary/aromatic N) is 2. The minimum Gasteiger partial charge on any atom is -0.335 e. The van der Waals surface area contributed by atoms with E-state index in [0.29, 0.717) is 17.8 Å². The summed E-state index contributed by atoms with van der Waals surface area (Å²) in [6, 6.07) is 7.88. The number of likely N-dealkylation sites (tertiary alicyclic amines) is 1. The smallest absolute Gasteiger partial charge is 0.254 e. The van der Waals surface area contributed by atoms with Crippen LogP contribution in [0.4, 0.5) is 0 Å². The first kappa shape index (κ1) is 19.3. The van der Waals surface area contributed by atoms with E-state index in [1.807, 2.05) is 41.5 Å². The number of Topliss-reactive ketones (excluding diaryl/α,β-unsaturated/α-hetero) is 1. The topological polar surface area (TPSA) is 50.3 Å². The van der Waals surface area contributed by atoms with Crippen molar-refractivity contribution in [3.05, 3.63) is 40.9 Å². The molecule has 28 heavy (non-hydrogen) atoms. The molecule has 1 saturated carbocycles. The van der Waals surface area contributed by atoms with Crippen LogP contribution in [0.25, 0.3) is 10.6 Å². The normalized spacial score (nSPS) is 23.5. The van der Waals surface area contributed by atoms with Gasteiger partial charge in [0.25, 0.3) is 5.91 Å². The minimum absolute atomic E-state index is 0.0283. The Labute approximate surface area is 171 Å². The third kappa shape index (κ3) is 4.04. The summed E-state index contributed by atoms with van der Waals surface area (Å²) in [7, 11) is 0. The lowest BCUT2D eigenvalue weighted by Crippen LogP contribution is -2.47. The third-order valence-electron chi connectivity index (χ3n) is 6.10. The van der Waals surface area contributed by atoms with Crippen LogP contribution < -0.4 is 0 Å². The summed E-state index contributed by atoms with van der Waals surface area (Å²) in [5, 5.41) is 2.98. The molecule has 2 fully saturated rings. The van der Waals surface area contributed by atoms with Crippen molar-refractivity contribution in [2.75, 3.05) is 6.54 Å². The van der Waals surface area contributed by atoms with Gasteiger partial charge in [-0.25, -0.2) is 4.98 Å². The standard InChI is InChI=1S/C23H28N2O2S/c1-16-15-28-22(24-16)17-8-7-9-18(14-17)23(27)25-13-6-2-3-11-20(25)19-10-4-5-12-21(19)26/h7-9,14-15,19-20H,2-6,10-13H2,1H3/t19-,20+/m0/s1. The van der Waals surface area contributed by atoms with Crippen LogP contribution in [0.2, 0.25) is 0 Å². The molecule has 4 rings (SSSR count). The van der Waals surface area contributed by atoms with E-state index in [2.05, 4.69) is 4.98 Å². The van der Waals surface area contributed by atoms with E-state index in [4.69, 9.17) is 0 Å². The summed E-state index contributed by atoms with van der Waals surface area (Å²) < 4.78 is 0. The first-order valence-corrected chi connectivity index (χ1v) is 11.4. The SMILES string of the molecule is Cc1csc(-c2cccc(C(=O)N3CCCCC[C@@H]3[C@@H]3CCCCC3=O)c2)n1. The van der Waals surface area contributed by atoms with Crippen LogP contribution in [0.15, 0.2) is 29.6 Å². The van der Waals surface area contributed by atoms with Gasteiger partial charge in [0, 0.05) is 47.1 Å². The van der Waals surface area contributed by atoms with Crippen LogP contribution in [-0.4, -0.2) is 34.2 Å². The van der Waals surface area contributed by atoms with Gasteiger partial charge in [0.2, 0.25) is 0 Å². The molecule has 1 aliphatic carbocycles. The molecule has 0 radical (unpaired) electrons. The monoisotopic (exact) mass is 396 g/mol. The summed E-state index contributed by atoms with van der Waals surface area (Å²) in [4.78, 5) is 32.7. The van der Waals surface area contributed by atoms with Gasteiger partial charge >= 0.3 is 0 Å². The minimum atomic E-state index is 0.0283. The zero-order valence-electron chi connectivity index (χ0n) is 16.5. The van der Waals surface area contributed by atoms with Crippen LogP contribution in [0, 0.1) is 12.8 Å².